The lowest BCUT2D eigenvalue weighted by Crippen LogP contribution is -2.31. The second kappa shape index (κ2) is 1.79. The maximum atomic E-state index is 9.98. The molecule has 7 heavy (non-hydrogen) atoms. The Morgan fingerprint density at radius 1 is 1.43 bits per heavy atom. The molecule has 0 unspecified atom stereocenters. The molecule has 0 spiro atoms. The molecule has 0 aromatic carbocycles. The Labute approximate surface area is 40.4 Å². The summed E-state index contributed by atoms with van der Waals surface area (Å²) in [6.07, 6.45) is -0.598. The van der Waals surface area contributed by atoms with Crippen LogP contribution in [0.4, 0.5) is 4.79 Å². The van der Waals surface area contributed by atoms with E-state index in [0.29, 0.717) is 0 Å². The SMILES string of the molecule is O=C1OCNCO1. The molecular formula is C3H5NO3. The highest BCUT2D eigenvalue weighted by Crippen LogP contribution is 1.85. The Morgan fingerprint density at radius 3 is 2.29 bits per heavy atom. The van der Waals surface area contributed by atoms with Crippen LogP contribution in [-0.4, -0.2) is 19.6 Å². The van der Waals surface area contributed by atoms with Crippen molar-refractivity contribution in [1.82, 2.24) is 5.32 Å². The molecule has 0 radical (unpaired) electrons. The van der Waals surface area contributed by atoms with Gasteiger partial charge in [0, 0.05) is 0 Å². The zero-order valence-corrected chi connectivity index (χ0v) is 3.64. The molecule has 1 fully saturated rings. The zero-order chi connectivity index (χ0) is 5.11. The van der Waals surface area contributed by atoms with Crippen LogP contribution in [0.25, 0.3) is 0 Å². The summed E-state index contributed by atoms with van der Waals surface area (Å²) in [5.41, 5.74) is 0. The summed E-state index contributed by atoms with van der Waals surface area (Å²) in [7, 11) is 0. The van der Waals surface area contributed by atoms with Crippen molar-refractivity contribution in [3.8, 4) is 0 Å². The molecule has 1 rings (SSSR count). The quantitative estimate of drug-likeness (QED) is 0.426. The van der Waals surface area contributed by atoms with Crippen LogP contribution in [0, 0.1) is 0 Å². The van der Waals surface area contributed by atoms with Gasteiger partial charge < -0.3 is 9.47 Å². The first kappa shape index (κ1) is 4.39. The highest BCUT2D eigenvalue weighted by molar-refractivity contribution is 5.60. The predicted octanol–water partition coefficient (Wildman–Crippen LogP) is -0.342. The van der Waals surface area contributed by atoms with Crippen LogP contribution < -0.4 is 5.32 Å². The van der Waals surface area contributed by atoms with Gasteiger partial charge in [-0.1, -0.05) is 0 Å². The fourth-order valence-corrected chi connectivity index (χ4v) is 0.303. The normalized spacial score (nSPS) is 20.3. The smallest absolute Gasteiger partial charge is 0.418 e. The van der Waals surface area contributed by atoms with Gasteiger partial charge in [0.05, 0.1) is 0 Å². The van der Waals surface area contributed by atoms with Crippen molar-refractivity contribution in [2.75, 3.05) is 13.5 Å². The minimum atomic E-state index is -0.598. The van der Waals surface area contributed by atoms with Gasteiger partial charge in [0.25, 0.3) is 0 Å². The van der Waals surface area contributed by atoms with Crippen molar-refractivity contribution in [2.45, 2.75) is 0 Å². The van der Waals surface area contributed by atoms with Gasteiger partial charge >= 0.3 is 6.16 Å². The summed E-state index contributed by atoms with van der Waals surface area (Å²) in [5, 5.41) is 2.65. The van der Waals surface area contributed by atoms with Crippen LogP contribution in [-0.2, 0) is 9.47 Å². The van der Waals surface area contributed by atoms with Gasteiger partial charge in [-0.15, -0.1) is 0 Å². The molecule has 0 bridgehead atoms. The first-order chi connectivity index (χ1) is 3.39. The van der Waals surface area contributed by atoms with Crippen molar-refractivity contribution in [3.63, 3.8) is 0 Å². The highest BCUT2D eigenvalue weighted by Gasteiger charge is 2.06. The van der Waals surface area contributed by atoms with E-state index in [2.05, 4.69) is 14.8 Å². The van der Waals surface area contributed by atoms with Crippen LogP contribution in [0.1, 0.15) is 0 Å². The molecule has 0 aliphatic carbocycles. The number of carbonyl (C=O) groups is 1. The van der Waals surface area contributed by atoms with Crippen LogP contribution in [0.5, 0.6) is 0 Å². The van der Waals surface area contributed by atoms with Crippen LogP contribution in [0.15, 0.2) is 0 Å². The molecule has 0 aromatic heterocycles. The summed E-state index contributed by atoms with van der Waals surface area (Å²) in [4.78, 5) is 9.98. The van der Waals surface area contributed by atoms with Gasteiger partial charge in [0.15, 0.2) is 0 Å². The van der Waals surface area contributed by atoms with E-state index < -0.39 is 6.16 Å². The summed E-state index contributed by atoms with van der Waals surface area (Å²) < 4.78 is 8.61. The van der Waals surface area contributed by atoms with E-state index in [1.807, 2.05) is 0 Å². The summed E-state index contributed by atoms with van der Waals surface area (Å²) in [5.74, 6) is 0. The molecule has 0 atom stereocenters. The third-order valence-corrected chi connectivity index (χ3v) is 0.584. The van der Waals surface area contributed by atoms with Crippen molar-refractivity contribution >= 4 is 6.16 Å². The number of nitrogens with one attached hydrogen (secondary N) is 1. The van der Waals surface area contributed by atoms with Crippen molar-refractivity contribution in [1.29, 1.82) is 0 Å². The summed E-state index contributed by atoms with van der Waals surface area (Å²) in [6, 6.07) is 0. The molecule has 0 aromatic rings. The van der Waals surface area contributed by atoms with E-state index in [1.54, 1.807) is 0 Å². The van der Waals surface area contributed by atoms with Crippen LogP contribution >= 0.6 is 0 Å². The van der Waals surface area contributed by atoms with Gasteiger partial charge in [0.1, 0.15) is 13.5 Å². The van der Waals surface area contributed by atoms with E-state index >= 15 is 0 Å². The lowest BCUT2D eigenvalue weighted by molar-refractivity contribution is 0.00237. The molecule has 1 aliphatic rings. The molecular weight excluding hydrogens is 98.0 g/mol. The van der Waals surface area contributed by atoms with E-state index in [9.17, 15) is 4.79 Å². The van der Waals surface area contributed by atoms with E-state index in [4.69, 9.17) is 0 Å². The molecule has 1 N–H and O–H groups in total. The minimum Gasteiger partial charge on any atom is -0.418 e. The standard InChI is InChI=1S/C3H5NO3/c5-3-6-1-4-2-7-3/h4H,1-2H2. The van der Waals surface area contributed by atoms with E-state index in [0.717, 1.165) is 0 Å². The average Bonchev–Trinajstić information content (AvgIpc) is 1.69. The maximum Gasteiger partial charge on any atom is 0.510 e. The van der Waals surface area contributed by atoms with Gasteiger partial charge in [-0.25, -0.2) is 4.79 Å². The molecule has 4 nitrogen and oxygen atoms in total. The van der Waals surface area contributed by atoms with Gasteiger partial charge in [-0.2, -0.15) is 0 Å². The average molecular weight is 103 g/mol. The second-order valence-electron chi connectivity index (χ2n) is 1.08. The first-order valence-electron chi connectivity index (χ1n) is 1.90. The molecule has 0 saturated carbocycles. The number of hydrogen-bond acceptors (Lipinski definition) is 4. The Morgan fingerprint density at radius 2 is 2.00 bits per heavy atom. The fraction of sp³-hybridized carbons (Fsp3) is 0.667. The lowest BCUT2D eigenvalue weighted by Gasteiger charge is -2.11. The Bertz CT molecular complexity index is 74.2. The number of hydrogen-bond donors (Lipinski definition) is 1. The third-order valence-electron chi connectivity index (χ3n) is 0.584. The Kier molecular flexibility index (Phi) is 1.12. The molecule has 1 aliphatic heterocycles. The monoisotopic (exact) mass is 103 g/mol. The Hall–Kier alpha value is -0.770. The molecule has 0 amide bonds. The molecule has 4 heteroatoms. The zero-order valence-electron chi connectivity index (χ0n) is 3.64. The van der Waals surface area contributed by atoms with E-state index in [-0.39, 0.29) is 13.5 Å². The number of rotatable bonds is 0. The lowest BCUT2D eigenvalue weighted by atomic mass is 11.0. The Balaban J connectivity index is 2.25. The number of ether oxygens (including phenoxy) is 2. The first-order valence-corrected chi connectivity index (χ1v) is 1.90. The van der Waals surface area contributed by atoms with Crippen LogP contribution in [0.3, 0.4) is 0 Å². The van der Waals surface area contributed by atoms with Crippen LogP contribution in [0.2, 0.25) is 0 Å². The van der Waals surface area contributed by atoms with E-state index in [1.165, 1.54) is 0 Å². The van der Waals surface area contributed by atoms with Crippen molar-refractivity contribution < 1.29 is 14.3 Å². The molecule has 1 heterocycles. The van der Waals surface area contributed by atoms with Gasteiger partial charge in [-0.05, 0) is 0 Å². The fourth-order valence-electron chi connectivity index (χ4n) is 0.303. The predicted molar refractivity (Wildman–Crippen MR) is 20.4 cm³/mol. The summed E-state index contributed by atoms with van der Waals surface area (Å²) in [6.45, 7) is 0.525. The van der Waals surface area contributed by atoms with Crippen molar-refractivity contribution in [2.24, 2.45) is 0 Å². The largest absolute Gasteiger partial charge is 0.510 e. The molecule has 40 valence electrons. The number of cyclic esters (lactones) is 2. The summed E-state index contributed by atoms with van der Waals surface area (Å²) >= 11 is 0. The number of carbonyl (C=O) groups excluding carboxylic acids is 1. The topological polar surface area (TPSA) is 47.6 Å². The highest BCUT2D eigenvalue weighted by atomic mass is 16.7. The minimum absolute atomic E-state index is 0.263. The van der Waals surface area contributed by atoms with Gasteiger partial charge in [0.2, 0.25) is 0 Å². The second-order valence-corrected chi connectivity index (χ2v) is 1.08. The van der Waals surface area contributed by atoms with Crippen molar-refractivity contribution in [3.05, 3.63) is 0 Å². The molecule has 1 saturated heterocycles. The van der Waals surface area contributed by atoms with Gasteiger partial charge in [-0.3, -0.25) is 5.32 Å². The maximum absolute atomic E-state index is 9.98. The third kappa shape index (κ3) is 1.04.